The lowest BCUT2D eigenvalue weighted by atomic mass is 10.2. The van der Waals surface area contributed by atoms with Crippen LogP contribution < -0.4 is 4.74 Å². The van der Waals surface area contributed by atoms with Crippen molar-refractivity contribution in [3.05, 3.63) is 68.7 Å². The lowest BCUT2D eigenvalue weighted by molar-refractivity contribution is -0.384. The van der Waals surface area contributed by atoms with Gasteiger partial charge in [-0.2, -0.15) is 0 Å². The molecule has 92 valence electrons. The van der Waals surface area contributed by atoms with Crippen molar-refractivity contribution in [2.24, 2.45) is 0 Å². The molecule has 0 aliphatic carbocycles. The van der Waals surface area contributed by atoms with E-state index in [0.717, 1.165) is 15.8 Å². The van der Waals surface area contributed by atoms with Gasteiger partial charge in [-0.15, -0.1) is 0 Å². The van der Waals surface area contributed by atoms with Gasteiger partial charge in [0.05, 0.1) is 4.92 Å². The lowest BCUT2D eigenvalue weighted by Gasteiger charge is -2.06. The lowest BCUT2D eigenvalue weighted by Crippen LogP contribution is -1.95. The second kappa shape index (κ2) is 5.64. The summed E-state index contributed by atoms with van der Waals surface area (Å²) in [5.74, 6) is 0.761. The molecule has 0 amide bonds. The maximum Gasteiger partial charge on any atom is 0.269 e. The fourth-order valence-corrected chi connectivity index (χ4v) is 1.68. The maximum absolute atomic E-state index is 10.5. The van der Waals surface area contributed by atoms with Gasteiger partial charge in [0.25, 0.3) is 5.69 Å². The topological polar surface area (TPSA) is 52.4 Å². The van der Waals surface area contributed by atoms with Crippen molar-refractivity contribution in [2.45, 2.75) is 6.61 Å². The molecular formula is C13H10BrNO3. The zero-order chi connectivity index (χ0) is 13.0. The Morgan fingerprint density at radius 1 is 1.06 bits per heavy atom. The Morgan fingerprint density at radius 2 is 1.67 bits per heavy atom. The molecule has 0 aromatic heterocycles. The van der Waals surface area contributed by atoms with Crippen LogP contribution in [0.3, 0.4) is 0 Å². The van der Waals surface area contributed by atoms with Gasteiger partial charge in [-0.25, -0.2) is 0 Å². The van der Waals surface area contributed by atoms with E-state index in [0.29, 0.717) is 6.61 Å². The molecule has 0 unspecified atom stereocenters. The molecule has 0 fully saturated rings. The van der Waals surface area contributed by atoms with Crippen molar-refractivity contribution in [1.82, 2.24) is 0 Å². The summed E-state index contributed by atoms with van der Waals surface area (Å²) in [6, 6.07) is 13.8. The summed E-state index contributed by atoms with van der Waals surface area (Å²) >= 11 is 3.34. The first-order chi connectivity index (χ1) is 8.65. The van der Waals surface area contributed by atoms with Crippen molar-refractivity contribution in [2.75, 3.05) is 0 Å². The average molecular weight is 308 g/mol. The van der Waals surface area contributed by atoms with E-state index in [1.165, 1.54) is 12.1 Å². The molecule has 2 rings (SSSR count). The number of hydrogen-bond donors (Lipinski definition) is 0. The Morgan fingerprint density at radius 3 is 2.22 bits per heavy atom. The molecule has 0 N–H and O–H groups in total. The van der Waals surface area contributed by atoms with E-state index in [1.54, 1.807) is 12.1 Å². The van der Waals surface area contributed by atoms with Crippen LogP contribution in [-0.4, -0.2) is 4.92 Å². The molecule has 0 saturated heterocycles. The van der Waals surface area contributed by atoms with Crippen molar-refractivity contribution in [3.63, 3.8) is 0 Å². The first kappa shape index (κ1) is 12.6. The predicted molar refractivity (Wildman–Crippen MR) is 71.6 cm³/mol. The fraction of sp³-hybridized carbons (Fsp3) is 0.0769. The van der Waals surface area contributed by atoms with E-state index in [2.05, 4.69) is 15.9 Å². The van der Waals surface area contributed by atoms with Crippen LogP contribution >= 0.6 is 15.9 Å². The number of halogens is 1. The summed E-state index contributed by atoms with van der Waals surface area (Å²) in [5, 5.41) is 10.5. The third-order valence-electron chi connectivity index (χ3n) is 2.37. The number of nitro benzene ring substituents is 1. The summed E-state index contributed by atoms with van der Waals surface area (Å²) in [5.41, 5.74) is 0.978. The normalized spacial score (nSPS) is 10.1. The highest BCUT2D eigenvalue weighted by Crippen LogP contribution is 2.18. The van der Waals surface area contributed by atoms with Crippen molar-refractivity contribution in [1.29, 1.82) is 0 Å². The zero-order valence-electron chi connectivity index (χ0n) is 9.38. The van der Waals surface area contributed by atoms with Crippen LogP contribution in [0, 0.1) is 10.1 Å². The summed E-state index contributed by atoms with van der Waals surface area (Å²) in [4.78, 5) is 10.1. The number of nitrogens with zero attached hydrogens (tertiary/aromatic N) is 1. The van der Waals surface area contributed by atoms with E-state index in [-0.39, 0.29) is 5.69 Å². The van der Waals surface area contributed by atoms with E-state index in [9.17, 15) is 10.1 Å². The Hall–Kier alpha value is -1.88. The van der Waals surface area contributed by atoms with Gasteiger partial charge in [0.2, 0.25) is 0 Å². The molecule has 0 aliphatic heterocycles. The molecular weight excluding hydrogens is 298 g/mol. The molecule has 0 atom stereocenters. The monoisotopic (exact) mass is 307 g/mol. The highest BCUT2D eigenvalue weighted by molar-refractivity contribution is 9.10. The molecule has 5 heteroatoms. The quantitative estimate of drug-likeness (QED) is 0.635. The second-order valence-electron chi connectivity index (χ2n) is 3.67. The standard InChI is InChI=1S/C13H10BrNO3/c14-11-3-7-13(8-4-11)18-9-10-1-5-12(6-2-10)15(16)17/h1-8H,9H2. The van der Waals surface area contributed by atoms with Gasteiger partial charge in [0, 0.05) is 16.6 Å². The molecule has 0 radical (unpaired) electrons. The van der Waals surface area contributed by atoms with Gasteiger partial charge in [-0.3, -0.25) is 10.1 Å². The van der Waals surface area contributed by atoms with Crippen LogP contribution in [-0.2, 0) is 6.61 Å². The fourth-order valence-electron chi connectivity index (χ4n) is 1.41. The summed E-state index contributed by atoms with van der Waals surface area (Å²) in [6.07, 6.45) is 0. The first-order valence-corrected chi connectivity index (χ1v) is 6.06. The van der Waals surface area contributed by atoms with Crippen LogP contribution in [0.4, 0.5) is 5.69 Å². The number of benzene rings is 2. The molecule has 18 heavy (non-hydrogen) atoms. The third kappa shape index (κ3) is 3.30. The number of nitro groups is 1. The van der Waals surface area contributed by atoms with Crippen LogP contribution in [0.2, 0.25) is 0 Å². The maximum atomic E-state index is 10.5. The number of hydrogen-bond acceptors (Lipinski definition) is 3. The third-order valence-corrected chi connectivity index (χ3v) is 2.89. The Balaban J connectivity index is 1.97. The zero-order valence-corrected chi connectivity index (χ0v) is 11.0. The molecule has 0 saturated carbocycles. The number of non-ortho nitro benzene ring substituents is 1. The van der Waals surface area contributed by atoms with E-state index in [4.69, 9.17) is 4.74 Å². The summed E-state index contributed by atoms with van der Waals surface area (Å²) in [6.45, 7) is 0.389. The van der Waals surface area contributed by atoms with Gasteiger partial charge in [0.15, 0.2) is 0 Å². The van der Waals surface area contributed by atoms with Crippen LogP contribution in [0.5, 0.6) is 5.75 Å². The Kier molecular flexibility index (Phi) is 3.94. The first-order valence-electron chi connectivity index (χ1n) is 5.27. The minimum Gasteiger partial charge on any atom is -0.489 e. The molecule has 0 heterocycles. The highest BCUT2D eigenvalue weighted by Gasteiger charge is 2.04. The molecule has 0 aliphatic rings. The van der Waals surface area contributed by atoms with Crippen LogP contribution in [0.15, 0.2) is 53.0 Å². The van der Waals surface area contributed by atoms with E-state index in [1.807, 2.05) is 24.3 Å². The average Bonchev–Trinajstić information content (AvgIpc) is 2.38. The van der Waals surface area contributed by atoms with E-state index >= 15 is 0 Å². The van der Waals surface area contributed by atoms with Gasteiger partial charge in [0.1, 0.15) is 12.4 Å². The number of rotatable bonds is 4. The molecule has 2 aromatic rings. The van der Waals surface area contributed by atoms with Crippen molar-refractivity contribution < 1.29 is 9.66 Å². The molecule has 4 nitrogen and oxygen atoms in total. The van der Waals surface area contributed by atoms with Crippen molar-refractivity contribution >= 4 is 21.6 Å². The molecule has 2 aromatic carbocycles. The van der Waals surface area contributed by atoms with Gasteiger partial charge >= 0.3 is 0 Å². The van der Waals surface area contributed by atoms with Crippen molar-refractivity contribution in [3.8, 4) is 5.75 Å². The van der Waals surface area contributed by atoms with Gasteiger partial charge < -0.3 is 4.74 Å². The Labute approximate surface area is 112 Å². The van der Waals surface area contributed by atoms with Crippen LogP contribution in [0.25, 0.3) is 0 Å². The second-order valence-corrected chi connectivity index (χ2v) is 4.58. The summed E-state index contributed by atoms with van der Waals surface area (Å²) in [7, 11) is 0. The predicted octanol–water partition coefficient (Wildman–Crippen LogP) is 3.94. The van der Waals surface area contributed by atoms with E-state index < -0.39 is 4.92 Å². The van der Waals surface area contributed by atoms with Gasteiger partial charge in [-0.1, -0.05) is 15.9 Å². The minimum atomic E-state index is -0.417. The highest BCUT2D eigenvalue weighted by atomic mass is 79.9. The molecule has 0 bridgehead atoms. The SMILES string of the molecule is O=[N+]([O-])c1ccc(COc2ccc(Br)cc2)cc1. The smallest absolute Gasteiger partial charge is 0.269 e. The number of ether oxygens (including phenoxy) is 1. The van der Waals surface area contributed by atoms with Crippen LogP contribution in [0.1, 0.15) is 5.56 Å². The summed E-state index contributed by atoms with van der Waals surface area (Å²) < 4.78 is 6.55. The molecule has 0 spiro atoms. The van der Waals surface area contributed by atoms with Gasteiger partial charge in [-0.05, 0) is 42.0 Å². The minimum absolute atomic E-state index is 0.0855. The Bertz CT molecular complexity index is 537. The largest absolute Gasteiger partial charge is 0.489 e.